The fourth-order valence-electron chi connectivity index (χ4n) is 1.66. The van der Waals surface area contributed by atoms with Crippen molar-refractivity contribution in [2.45, 2.75) is 39.2 Å². The number of aryl methyl sites for hydroxylation is 1. The minimum absolute atomic E-state index is 0.0725. The van der Waals surface area contributed by atoms with Crippen LogP contribution in [0, 0.1) is 6.92 Å². The molecule has 0 aliphatic carbocycles. The van der Waals surface area contributed by atoms with E-state index in [2.05, 4.69) is 38.2 Å². The van der Waals surface area contributed by atoms with Crippen molar-refractivity contribution in [2.75, 3.05) is 18.5 Å². The van der Waals surface area contributed by atoms with Gasteiger partial charge in [0, 0.05) is 5.69 Å². The predicted octanol–water partition coefficient (Wildman–Crippen LogP) is 2.06. The highest BCUT2D eigenvalue weighted by Gasteiger charge is 2.15. The standard InChI is InChI=1S/C14H23NO2/c1-10-7-11(14(2,3)4)5-6-13(10)15-12(8-16)9-17/h5-7,12,15-17H,8-9H2,1-4H3. The number of benzene rings is 1. The lowest BCUT2D eigenvalue weighted by Crippen LogP contribution is -2.28. The van der Waals surface area contributed by atoms with Crippen molar-refractivity contribution in [2.24, 2.45) is 0 Å². The van der Waals surface area contributed by atoms with Crippen molar-refractivity contribution in [3.8, 4) is 0 Å². The molecule has 17 heavy (non-hydrogen) atoms. The monoisotopic (exact) mass is 237 g/mol. The molecule has 0 amide bonds. The molecule has 0 saturated heterocycles. The smallest absolute Gasteiger partial charge is 0.0723 e. The maximum atomic E-state index is 9.04. The fourth-order valence-corrected chi connectivity index (χ4v) is 1.66. The van der Waals surface area contributed by atoms with E-state index in [1.165, 1.54) is 5.56 Å². The summed E-state index contributed by atoms with van der Waals surface area (Å²) in [7, 11) is 0. The second-order valence-electron chi connectivity index (χ2n) is 5.49. The number of hydrogen-bond acceptors (Lipinski definition) is 3. The molecular weight excluding hydrogens is 214 g/mol. The first-order chi connectivity index (χ1) is 7.88. The van der Waals surface area contributed by atoms with Gasteiger partial charge in [-0.25, -0.2) is 0 Å². The van der Waals surface area contributed by atoms with Crippen molar-refractivity contribution in [3.05, 3.63) is 29.3 Å². The molecule has 0 aromatic heterocycles. The molecule has 0 heterocycles. The van der Waals surface area contributed by atoms with Crippen LogP contribution in [-0.2, 0) is 5.41 Å². The zero-order chi connectivity index (χ0) is 13.1. The Balaban J connectivity index is 2.90. The highest BCUT2D eigenvalue weighted by Crippen LogP contribution is 2.26. The Morgan fingerprint density at radius 1 is 1.18 bits per heavy atom. The molecule has 0 radical (unpaired) electrons. The van der Waals surface area contributed by atoms with Gasteiger partial charge >= 0.3 is 0 Å². The quantitative estimate of drug-likeness (QED) is 0.751. The molecule has 0 aliphatic rings. The van der Waals surface area contributed by atoms with Crippen LogP contribution in [0.1, 0.15) is 31.9 Å². The van der Waals surface area contributed by atoms with Gasteiger partial charge in [0.2, 0.25) is 0 Å². The molecule has 0 fully saturated rings. The van der Waals surface area contributed by atoms with E-state index in [9.17, 15) is 0 Å². The maximum absolute atomic E-state index is 9.04. The van der Waals surface area contributed by atoms with Gasteiger partial charge < -0.3 is 15.5 Å². The number of rotatable bonds is 4. The first-order valence-electron chi connectivity index (χ1n) is 5.98. The van der Waals surface area contributed by atoms with Crippen LogP contribution < -0.4 is 5.32 Å². The molecule has 3 heteroatoms. The van der Waals surface area contributed by atoms with Crippen LogP contribution in [-0.4, -0.2) is 29.5 Å². The summed E-state index contributed by atoms with van der Waals surface area (Å²) < 4.78 is 0. The lowest BCUT2D eigenvalue weighted by molar-refractivity contribution is 0.204. The largest absolute Gasteiger partial charge is 0.394 e. The SMILES string of the molecule is Cc1cc(C(C)(C)C)ccc1NC(CO)CO. The molecule has 0 unspecified atom stereocenters. The average Bonchev–Trinajstić information content (AvgIpc) is 2.26. The molecule has 3 N–H and O–H groups in total. The van der Waals surface area contributed by atoms with Crippen molar-refractivity contribution < 1.29 is 10.2 Å². The predicted molar refractivity (Wildman–Crippen MR) is 71.5 cm³/mol. The van der Waals surface area contributed by atoms with E-state index in [1.54, 1.807) is 0 Å². The molecule has 1 rings (SSSR count). The maximum Gasteiger partial charge on any atom is 0.0723 e. The van der Waals surface area contributed by atoms with Gasteiger partial charge in [0.1, 0.15) is 0 Å². The highest BCUT2D eigenvalue weighted by molar-refractivity contribution is 5.53. The number of aliphatic hydroxyl groups excluding tert-OH is 2. The molecule has 0 spiro atoms. The van der Waals surface area contributed by atoms with Crippen LogP contribution in [0.5, 0.6) is 0 Å². The molecule has 0 atom stereocenters. The molecular formula is C14H23NO2. The third-order valence-electron chi connectivity index (χ3n) is 2.89. The zero-order valence-corrected chi connectivity index (χ0v) is 11.1. The Kier molecular flexibility index (Phi) is 4.54. The van der Waals surface area contributed by atoms with Gasteiger partial charge in [0.25, 0.3) is 0 Å². The van der Waals surface area contributed by atoms with E-state index in [4.69, 9.17) is 10.2 Å². The van der Waals surface area contributed by atoms with E-state index in [0.29, 0.717) is 0 Å². The van der Waals surface area contributed by atoms with E-state index in [0.717, 1.165) is 11.3 Å². The summed E-state index contributed by atoms with van der Waals surface area (Å²) in [6.45, 7) is 8.43. The molecule has 1 aromatic carbocycles. The molecule has 0 aliphatic heterocycles. The topological polar surface area (TPSA) is 52.5 Å². The summed E-state index contributed by atoms with van der Waals surface area (Å²) in [4.78, 5) is 0. The van der Waals surface area contributed by atoms with E-state index in [1.807, 2.05) is 13.0 Å². The minimum Gasteiger partial charge on any atom is -0.394 e. The summed E-state index contributed by atoms with van der Waals surface area (Å²) in [6.07, 6.45) is 0. The van der Waals surface area contributed by atoms with Crippen LogP contribution in [0.25, 0.3) is 0 Å². The third kappa shape index (κ3) is 3.72. The first-order valence-corrected chi connectivity index (χ1v) is 5.98. The summed E-state index contributed by atoms with van der Waals surface area (Å²) in [6, 6.07) is 5.94. The highest BCUT2D eigenvalue weighted by atomic mass is 16.3. The number of anilines is 1. The Morgan fingerprint density at radius 2 is 1.76 bits per heavy atom. The van der Waals surface area contributed by atoms with Gasteiger partial charge in [0.15, 0.2) is 0 Å². The normalized spacial score (nSPS) is 11.9. The lowest BCUT2D eigenvalue weighted by Gasteiger charge is -2.22. The summed E-state index contributed by atoms with van der Waals surface area (Å²) in [5.74, 6) is 0. The van der Waals surface area contributed by atoms with Crippen LogP contribution in [0.2, 0.25) is 0 Å². The van der Waals surface area contributed by atoms with Crippen LogP contribution >= 0.6 is 0 Å². The van der Waals surface area contributed by atoms with Gasteiger partial charge in [-0.3, -0.25) is 0 Å². The summed E-state index contributed by atoms with van der Waals surface area (Å²) in [5.41, 5.74) is 3.51. The third-order valence-corrected chi connectivity index (χ3v) is 2.89. The van der Waals surface area contributed by atoms with Gasteiger partial charge in [0.05, 0.1) is 19.3 Å². The number of aliphatic hydroxyl groups is 2. The van der Waals surface area contributed by atoms with E-state index >= 15 is 0 Å². The van der Waals surface area contributed by atoms with Gasteiger partial charge in [-0.15, -0.1) is 0 Å². The van der Waals surface area contributed by atoms with Gasteiger partial charge in [-0.2, -0.15) is 0 Å². The van der Waals surface area contributed by atoms with Crippen LogP contribution in [0.15, 0.2) is 18.2 Å². The Hall–Kier alpha value is -1.06. The van der Waals surface area contributed by atoms with Crippen molar-refractivity contribution in [1.29, 1.82) is 0 Å². The Labute approximate surface area is 103 Å². The van der Waals surface area contributed by atoms with E-state index in [-0.39, 0.29) is 24.7 Å². The van der Waals surface area contributed by atoms with Crippen molar-refractivity contribution >= 4 is 5.69 Å². The second-order valence-corrected chi connectivity index (χ2v) is 5.49. The Bertz CT molecular complexity index is 365. The molecule has 0 bridgehead atoms. The number of nitrogens with one attached hydrogen (secondary N) is 1. The zero-order valence-electron chi connectivity index (χ0n) is 11.1. The van der Waals surface area contributed by atoms with Crippen molar-refractivity contribution in [1.82, 2.24) is 0 Å². The lowest BCUT2D eigenvalue weighted by atomic mass is 9.86. The van der Waals surface area contributed by atoms with Gasteiger partial charge in [-0.05, 0) is 29.5 Å². The molecule has 1 aromatic rings. The fraction of sp³-hybridized carbons (Fsp3) is 0.571. The van der Waals surface area contributed by atoms with Crippen molar-refractivity contribution in [3.63, 3.8) is 0 Å². The molecule has 0 saturated carbocycles. The number of hydrogen-bond donors (Lipinski definition) is 3. The average molecular weight is 237 g/mol. The summed E-state index contributed by atoms with van der Waals surface area (Å²) in [5, 5.41) is 21.2. The van der Waals surface area contributed by atoms with E-state index < -0.39 is 0 Å². The van der Waals surface area contributed by atoms with Gasteiger partial charge in [-0.1, -0.05) is 32.9 Å². The summed E-state index contributed by atoms with van der Waals surface area (Å²) >= 11 is 0. The second kappa shape index (κ2) is 5.52. The van der Waals surface area contributed by atoms with Crippen LogP contribution in [0.3, 0.4) is 0 Å². The Morgan fingerprint density at radius 3 is 2.18 bits per heavy atom. The minimum atomic E-state index is -0.297. The molecule has 3 nitrogen and oxygen atoms in total. The first kappa shape index (κ1) is 14.0. The molecule has 96 valence electrons. The van der Waals surface area contributed by atoms with Crippen LogP contribution in [0.4, 0.5) is 5.69 Å².